The third-order valence-electron chi connectivity index (χ3n) is 3.99. The Kier molecular flexibility index (Phi) is 5.54. The van der Waals surface area contributed by atoms with Crippen LogP contribution in [0.1, 0.15) is 24.8 Å². The van der Waals surface area contributed by atoms with Crippen molar-refractivity contribution in [1.29, 1.82) is 0 Å². The number of hydrogen-bond acceptors (Lipinski definition) is 4. The van der Waals surface area contributed by atoms with Gasteiger partial charge in [-0.05, 0) is 24.1 Å². The van der Waals surface area contributed by atoms with Gasteiger partial charge in [-0.3, -0.25) is 4.79 Å². The summed E-state index contributed by atoms with van der Waals surface area (Å²) in [6, 6.07) is 4.49. The van der Waals surface area contributed by atoms with Crippen molar-refractivity contribution in [2.45, 2.75) is 31.2 Å². The second kappa shape index (κ2) is 7.41. The van der Waals surface area contributed by atoms with Gasteiger partial charge in [0.15, 0.2) is 11.6 Å². The minimum Gasteiger partial charge on any atom is -0.494 e. The number of hydrogen-bond donors (Lipinski definition) is 2. The molecule has 1 fully saturated rings. The van der Waals surface area contributed by atoms with Gasteiger partial charge in [-0.15, -0.1) is 0 Å². The molecule has 2 N–H and O–H groups in total. The lowest BCUT2D eigenvalue weighted by atomic mass is 9.90. The van der Waals surface area contributed by atoms with E-state index in [1.165, 1.54) is 19.2 Å². The van der Waals surface area contributed by atoms with Gasteiger partial charge in [-0.2, -0.15) is 0 Å². The molecule has 0 atom stereocenters. The number of nitrogens with one attached hydrogen (secondary N) is 1. The molecular weight excluding hydrogens is 305 g/mol. The summed E-state index contributed by atoms with van der Waals surface area (Å²) in [5, 5.41) is 12.0. The molecule has 1 aliphatic heterocycles. The van der Waals surface area contributed by atoms with E-state index >= 15 is 0 Å². The van der Waals surface area contributed by atoms with E-state index in [1.54, 1.807) is 6.07 Å². The number of benzene rings is 1. The number of methoxy groups -OCH3 is 1. The molecule has 1 aliphatic rings. The third-order valence-corrected chi connectivity index (χ3v) is 3.99. The summed E-state index contributed by atoms with van der Waals surface area (Å²) in [5.74, 6) is -1.77. The smallest absolute Gasteiger partial charge is 0.329 e. The monoisotopic (exact) mass is 325 g/mol. The average Bonchev–Trinajstić information content (AvgIpc) is 2.54. The molecule has 0 aromatic heterocycles. The van der Waals surface area contributed by atoms with E-state index < -0.39 is 17.3 Å². The normalized spacial score (nSPS) is 16.6. The second-order valence-electron chi connectivity index (χ2n) is 5.52. The standard InChI is InChI=1S/C16H20FNO5/c1-22-13-4-2-11(10-12(13)17)3-5-14(19)18-16(15(20)21)6-8-23-9-7-16/h2,4,10H,3,5-9H2,1H3,(H,18,19)(H,20,21). The van der Waals surface area contributed by atoms with Gasteiger partial charge in [-0.25, -0.2) is 9.18 Å². The van der Waals surface area contributed by atoms with E-state index in [4.69, 9.17) is 9.47 Å². The number of halogens is 1. The van der Waals surface area contributed by atoms with Crippen LogP contribution in [-0.4, -0.2) is 42.8 Å². The van der Waals surface area contributed by atoms with Crippen molar-refractivity contribution < 1.29 is 28.6 Å². The van der Waals surface area contributed by atoms with Crippen LogP contribution in [0, 0.1) is 5.82 Å². The first-order valence-corrected chi connectivity index (χ1v) is 7.41. The number of aryl methyl sites for hydroxylation is 1. The highest BCUT2D eigenvalue weighted by Gasteiger charge is 2.41. The molecule has 0 radical (unpaired) electrons. The summed E-state index contributed by atoms with van der Waals surface area (Å²) in [7, 11) is 1.38. The predicted molar refractivity (Wildman–Crippen MR) is 79.8 cm³/mol. The zero-order chi connectivity index (χ0) is 16.9. The van der Waals surface area contributed by atoms with Crippen LogP contribution >= 0.6 is 0 Å². The maximum Gasteiger partial charge on any atom is 0.329 e. The molecule has 0 saturated carbocycles. The minimum atomic E-state index is -1.26. The van der Waals surface area contributed by atoms with Gasteiger partial charge in [-0.1, -0.05) is 6.07 Å². The molecule has 1 aromatic rings. The van der Waals surface area contributed by atoms with Crippen molar-refractivity contribution in [3.05, 3.63) is 29.6 Å². The van der Waals surface area contributed by atoms with Crippen molar-refractivity contribution in [1.82, 2.24) is 5.32 Å². The van der Waals surface area contributed by atoms with E-state index in [9.17, 15) is 19.1 Å². The van der Waals surface area contributed by atoms with E-state index in [1.807, 2.05) is 0 Å². The predicted octanol–water partition coefficient (Wildman–Crippen LogP) is 1.52. The quantitative estimate of drug-likeness (QED) is 0.828. The second-order valence-corrected chi connectivity index (χ2v) is 5.52. The molecule has 1 saturated heterocycles. The Hall–Kier alpha value is -2.15. The highest BCUT2D eigenvalue weighted by atomic mass is 19.1. The van der Waals surface area contributed by atoms with Crippen molar-refractivity contribution in [2.75, 3.05) is 20.3 Å². The van der Waals surface area contributed by atoms with Crippen LogP contribution in [0.4, 0.5) is 4.39 Å². The lowest BCUT2D eigenvalue weighted by Crippen LogP contribution is -2.57. The molecule has 2 rings (SSSR count). The fraction of sp³-hybridized carbons (Fsp3) is 0.500. The maximum atomic E-state index is 13.6. The highest BCUT2D eigenvalue weighted by Crippen LogP contribution is 2.22. The molecule has 0 unspecified atom stereocenters. The average molecular weight is 325 g/mol. The van der Waals surface area contributed by atoms with Crippen LogP contribution in [0.5, 0.6) is 5.75 Å². The molecule has 1 heterocycles. The van der Waals surface area contributed by atoms with Gasteiger partial charge in [0.2, 0.25) is 5.91 Å². The molecule has 126 valence electrons. The SMILES string of the molecule is COc1ccc(CCC(=O)NC2(C(=O)O)CCOCC2)cc1F. The topological polar surface area (TPSA) is 84.9 Å². The number of carboxylic acid groups (broad SMARTS) is 1. The summed E-state index contributed by atoms with van der Waals surface area (Å²) < 4.78 is 23.6. The van der Waals surface area contributed by atoms with Crippen molar-refractivity contribution >= 4 is 11.9 Å². The Morgan fingerprint density at radius 1 is 1.39 bits per heavy atom. The van der Waals surface area contributed by atoms with Crippen molar-refractivity contribution in [3.63, 3.8) is 0 Å². The van der Waals surface area contributed by atoms with Gasteiger partial charge in [0.25, 0.3) is 0 Å². The lowest BCUT2D eigenvalue weighted by molar-refractivity contribution is -0.152. The first kappa shape index (κ1) is 17.2. The zero-order valence-electron chi connectivity index (χ0n) is 12.9. The van der Waals surface area contributed by atoms with Crippen LogP contribution in [0.15, 0.2) is 18.2 Å². The van der Waals surface area contributed by atoms with Gasteiger partial charge in [0.1, 0.15) is 5.54 Å². The van der Waals surface area contributed by atoms with Crippen molar-refractivity contribution in [3.8, 4) is 5.75 Å². The fourth-order valence-electron chi connectivity index (χ4n) is 2.56. The molecule has 1 amide bonds. The number of carbonyl (C=O) groups excluding carboxylic acids is 1. The van der Waals surface area contributed by atoms with Crippen LogP contribution in [0.2, 0.25) is 0 Å². The fourth-order valence-corrected chi connectivity index (χ4v) is 2.56. The van der Waals surface area contributed by atoms with Crippen LogP contribution in [0.25, 0.3) is 0 Å². The number of aliphatic carboxylic acids is 1. The maximum absolute atomic E-state index is 13.6. The Morgan fingerprint density at radius 3 is 2.65 bits per heavy atom. The van der Waals surface area contributed by atoms with Crippen LogP contribution < -0.4 is 10.1 Å². The molecule has 0 aliphatic carbocycles. The van der Waals surface area contributed by atoms with E-state index in [0.29, 0.717) is 25.2 Å². The Labute approximate surface area is 133 Å². The lowest BCUT2D eigenvalue weighted by Gasteiger charge is -2.33. The molecule has 1 aromatic carbocycles. The van der Waals surface area contributed by atoms with Crippen LogP contribution in [-0.2, 0) is 20.7 Å². The number of amides is 1. The first-order chi connectivity index (χ1) is 11.0. The van der Waals surface area contributed by atoms with Gasteiger partial charge in [0.05, 0.1) is 7.11 Å². The van der Waals surface area contributed by atoms with Gasteiger partial charge in [0, 0.05) is 32.5 Å². The number of carbonyl (C=O) groups is 2. The van der Waals surface area contributed by atoms with Gasteiger partial charge >= 0.3 is 5.97 Å². The van der Waals surface area contributed by atoms with E-state index in [0.717, 1.165) is 0 Å². The molecule has 0 spiro atoms. The number of ether oxygens (including phenoxy) is 2. The summed E-state index contributed by atoms with van der Waals surface area (Å²) in [6.07, 6.45) is 0.886. The highest BCUT2D eigenvalue weighted by molar-refractivity contribution is 5.87. The Bertz CT molecular complexity index is 584. The summed E-state index contributed by atoms with van der Waals surface area (Å²) in [4.78, 5) is 23.5. The van der Waals surface area contributed by atoms with E-state index in [-0.39, 0.29) is 30.9 Å². The molecule has 23 heavy (non-hydrogen) atoms. The third kappa shape index (κ3) is 4.19. The summed E-state index contributed by atoms with van der Waals surface area (Å²) >= 11 is 0. The molecule has 0 bridgehead atoms. The first-order valence-electron chi connectivity index (χ1n) is 7.41. The number of carboxylic acids is 1. The van der Waals surface area contributed by atoms with Gasteiger partial charge < -0.3 is 19.9 Å². The minimum absolute atomic E-state index is 0.0850. The summed E-state index contributed by atoms with van der Waals surface area (Å²) in [5.41, 5.74) is -0.615. The molecule has 6 nitrogen and oxygen atoms in total. The Balaban J connectivity index is 1.94. The van der Waals surface area contributed by atoms with Crippen molar-refractivity contribution in [2.24, 2.45) is 0 Å². The largest absolute Gasteiger partial charge is 0.494 e. The zero-order valence-corrected chi connectivity index (χ0v) is 12.9. The Morgan fingerprint density at radius 2 is 2.09 bits per heavy atom. The summed E-state index contributed by atoms with van der Waals surface area (Å²) in [6.45, 7) is 0.604. The number of rotatable bonds is 6. The molecule has 7 heteroatoms. The molecular formula is C16H20FNO5. The van der Waals surface area contributed by atoms with E-state index in [2.05, 4.69) is 5.32 Å². The van der Waals surface area contributed by atoms with Crippen LogP contribution in [0.3, 0.4) is 0 Å².